The van der Waals surface area contributed by atoms with Gasteiger partial charge in [-0.15, -0.1) is 11.8 Å². The average molecular weight is 383 g/mol. The molecule has 140 valence electrons. The van der Waals surface area contributed by atoms with E-state index < -0.39 is 12.0 Å². The molecule has 0 aliphatic heterocycles. The molecule has 0 radical (unpaired) electrons. The summed E-state index contributed by atoms with van der Waals surface area (Å²) in [4.78, 5) is 29.3. The second kappa shape index (κ2) is 8.73. The van der Waals surface area contributed by atoms with Crippen LogP contribution in [-0.2, 0) is 10.5 Å². The van der Waals surface area contributed by atoms with Crippen molar-refractivity contribution in [1.29, 1.82) is 0 Å². The number of amides is 1. The van der Waals surface area contributed by atoms with Crippen molar-refractivity contribution in [3.63, 3.8) is 0 Å². The van der Waals surface area contributed by atoms with Gasteiger partial charge in [0, 0.05) is 23.0 Å². The quantitative estimate of drug-likeness (QED) is 0.581. The molecule has 0 fully saturated rings. The number of aliphatic carboxylic acids is 1. The highest BCUT2D eigenvalue weighted by Crippen LogP contribution is 2.26. The molecule has 2 aromatic heterocycles. The molecule has 2 N–H and O–H groups in total. The molecule has 2 heterocycles. The first-order chi connectivity index (χ1) is 13.1. The summed E-state index contributed by atoms with van der Waals surface area (Å²) in [7, 11) is 0. The van der Waals surface area contributed by atoms with Crippen molar-refractivity contribution in [1.82, 2.24) is 14.7 Å². The van der Waals surface area contributed by atoms with Gasteiger partial charge >= 0.3 is 5.97 Å². The molecule has 3 rings (SSSR count). The second-order valence-electron chi connectivity index (χ2n) is 6.14. The third-order valence-corrected chi connectivity index (χ3v) is 5.21. The summed E-state index contributed by atoms with van der Waals surface area (Å²) in [5, 5.41) is 11.9. The molecule has 0 aliphatic rings. The first-order valence-electron chi connectivity index (χ1n) is 8.76. The van der Waals surface area contributed by atoms with E-state index in [0.717, 1.165) is 16.2 Å². The predicted octanol–water partition coefficient (Wildman–Crippen LogP) is 3.61. The lowest BCUT2D eigenvalue weighted by Crippen LogP contribution is -2.40. The van der Waals surface area contributed by atoms with E-state index in [2.05, 4.69) is 10.3 Å². The number of fused-ring (bicyclic) bond motifs is 1. The van der Waals surface area contributed by atoms with Crippen LogP contribution in [-0.4, -0.2) is 32.4 Å². The van der Waals surface area contributed by atoms with Gasteiger partial charge in [0.2, 0.25) is 0 Å². The first-order valence-corrected chi connectivity index (χ1v) is 9.75. The monoisotopic (exact) mass is 383 g/mol. The maximum atomic E-state index is 12.6. The van der Waals surface area contributed by atoms with E-state index in [1.165, 1.54) is 11.8 Å². The molecule has 27 heavy (non-hydrogen) atoms. The summed E-state index contributed by atoms with van der Waals surface area (Å²) in [6, 6.07) is 12.2. The van der Waals surface area contributed by atoms with E-state index in [1.807, 2.05) is 54.0 Å². The lowest BCUT2D eigenvalue weighted by molar-refractivity contribution is -0.139. The Morgan fingerprint density at radius 3 is 2.74 bits per heavy atom. The van der Waals surface area contributed by atoms with E-state index in [4.69, 9.17) is 0 Å². The van der Waals surface area contributed by atoms with Gasteiger partial charge in [0.05, 0.1) is 11.3 Å². The highest BCUT2D eigenvalue weighted by Gasteiger charge is 2.21. The van der Waals surface area contributed by atoms with Crippen LogP contribution in [0.15, 0.2) is 59.8 Å². The number of hydrogen-bond donors (Lipinski definition) is 2. The average Bonchev–Trinajstić information content (AvgIpc) is 3.09. The molecule has 0 aliphatic carbocycles. The highest BCUT2D eigenvalue weighted by molar-refractivity contribution is 7.98. The third-order valence-electron chi connectivity index (χ3n) is 4.10. The summed E-state index contributed by atoms with van der Waals surface area (Å²) < 4.78 is 1.96. The summed E-state index contributed by atoms with van der Waals surface area (Å²) in [5.41, 5.74) is 2.27. The number of nitrogens with zero attached hydrogens (tertiary/aromatic N) is 2. The van der Waals surface area contributed by atoms with Gasteiger partial charge in [0.1, 0.15) is 11.7 Å². The molecule has 3 aromatic rings. The number of pyridine rings is 1. The van der Waals surface area contributed by atoms with Crippen molar-refractivity contribution in [2.75, 3.05) is 0 Å². The van der Waals surface area contributed by atoms with Crippen LogP contribution in [0.25, 0.3) is 5.65 Å². The van der Waals surface area contributed by atoms with Crippen molar-refractivity contribution in [3.05, 3.63) is 66.1 Å². The number of carbonyl (C=O) groups excluding carboxylic acids is 1. The predicted molar refractivity (Wildman–Crippen MR) is 105 cm³/mol. The smallest absolute Gasteiger partial charge is 0.326 e. The molecule has 1 amide bonds. The summed E-state index contributed by atoms with van der Waals surface area (Å²) in [6.45, 7) is 1.89. The number of nitrogens with one attached hydrogen (secondary N) is 1. The Hall–Kier alpha value is -2.80. The number of thioether (sulfide) groups is 1. The van der Waals surface area contributed by atoms with E-state index in [0.29, 0.717) is 24.2 Å². The molecule has 0 bridgehead atoms. The van der Waals surface area contributed by atoms with Crippen LogP contribution in [0.5, 0.6) is 0 Å². The number of carboxylic acid groups (broad SMARTS) is 1. The Labute approximate surface area is 161 Å². The van der Waals surface area contributed by atoms with Crippen LogP contribution in [0.4, 0.5) is 0 Å². The van der Waals surface area contributed by atoms with Gasteiger partial charge in [0.15, 0.2) is 0 Å². The lowest BCUT2D eigenvalue weighted by Gasteiger charge is -2.15. The van der Waals surface area contributed by atoms with Crippen molar-refractivity contribution in [2.24, 2.45) is 0 Å². The summed E-state index contributed by atoms with van der Waals surface area (Å²) in [5.74, 6) is -0.766. The van der Waals surface area contributed by atoms with Gasteiger partial charge in [-0.25, -0.2) is 9.78 Å². The minimum Gasteiger partial charge on any atom is -0.480 e. The fourth-order valence-corrected chi connectivity index (χ4v) is 3.70. The Bertz CT molecular complexity index is 921. The lowest BCUT2D eigenvalue weighted by atomic mass is 10.1. The summed E-state index contributed by atoms with van der Waals surface area (Å²) in [6.07, 6.45) is 4.99. The Morgan fingerprint density at radius 2 is 2.00 bits per heavy atom. The fourth-order valence-electron chi connectivity index (χ4n) is 2.77. The van der Waals surface area contributed by atoms with Crippen LogP contribution >= 0.6 is 11.8 Å². The minimum absolute atomic E-state index is 0.367. The number of carbonyl (C=O) groups is 2. The highest BCUT2D eigenvalue weighted by atomic mass is 32.2. The van der Waals surface area contributed by atoms with Crippen LogP contribution < -0.4 is 5.32 Å². The molecule has 6 nitrogen and oxygen atoms in total. The molecule has 1 atom stereocenters. The molecule has 1 aromatic carbocycles. The van der Waals surface area contributed by atoms with Crippen molar-refractivity contribution in [3.8, 4) is 0 Å². The third kappa shape index (κ3) is 4.68. The molecule has 0 saturated carbocycles. The normalized spacial score (nSPS) is 12.0. The van der Waals surface area contributed by atoms with Gasteiger partial charge in [0.25, 0.3) is 5.91 Å². The fraction of sp³-hybridized carbons (Fsp3) is 0.250. The van der Waals surface area contributed by atoms with Crippen LogP contribution in [0.1, 0.15) is 35.8 Å². The number of benzene rings is 1. The van der Waals surface area contributed by atoms with Crippen LogP contribution in [0, 0.1) is 0 Å². The largest absolute Gasteiger partial charge is 0.480 e. The molecule has 7 heteroatoms. The number of rotatable bonds is 8. The minimum atomic E-state index is -1.01. The van der Waals surface area contributed by atoms with Crippen LogP contribution in [0.3, 0.4) is 0 Å². The van der Waals surface area contributed by atoms with Gasteiger partial charge in [-0.3, -0.25) is 4.79 Å². The Balaban J connectivity index is 1.73. The Morgan fingerprint density at radius 1 is 1.22 bits per heavy atom. The van der Waals surface area contributed by atoms with Gasteiger partial charge in [-0.2, -0.15) is 0 Å². The zero-order chi connectivity index (χ0) is 19.2. The Kier molecular flexibility index (Phi) is 6.13. The van der Waals surface area contributed by atoms with Crippen molar-refractivity contribution < 1.29 is 14.7 Å². The SMILES string of the molecule is CCCC(NC(=O)c1ccccc1SCc1cn2ccccc2n1)C(=O)O. The van der Waals surface area contributed by atoms with Gasteiger partial charge in [-0.05, 0) is 30.7 Å². The number of imidazole rings is 1. The second-order valence-corrected chi connectivity index (χ2v) is 7.15. The first kappa shape index (κ1) is 19.0. The van der Waals surface area contributed by atoms with E-state index >= 15 is 0 Å². The molecule has 0 spiro atoms. The topological polar surface area (TPSA) is 83.7 Å². The standard InChI is InChI=1S/C20H21N3O3S/c1-2-7-16(20(25)26)22-19(24)15-8-3-4-9-17(15)27-13-14-12-23-11-6-5-10-18(23)21-14/h3-6,8-12,16H,2,7,13H2,1H3,(H,22,24)(H,25,26). The molecular formula is C20H21N3O3S. The summed E-state index contributed by atoms with van der Waals surface area (Å²) >= 11 is 1.51. The molecule has 0 saturated heterocycles. The van der Waals surface area contributed by atoms with E-state index in [1.54, 1.807) is 12.1 Å². The zero-order valence-corrected chi connectivity index (χ0v) is 15.8. The number of aromatic nitrogens is 2. The van der Waals surface area contributed by atoms with Crippen LogP contribution in [0.2, 0.25) is 0 Å². The van der Waals surface area contributed by atoms with Crippen molar-refractivity contribution >= 4 is 29.3 Å². The van der Waals surface area contributed by atoms with Crippen molar-refractivity contribution in [2.45, 2.75) is 36.5 Å². The van der Waals surface area contributed by atoms with E-state index in [9.17, 15) is 14.7 Å². The maximum absolute atomic E-state index is 12.6. The molecule has 1 unspecified atom stereocenters. The number of carboxylic acids is 1. The number of hydrogen-bond acceptors (Lipinski definition) is 4. The van der Waals surface area contributed by atoms with Gasteiger partial charge < -0.3 is 14.8 Å². The maximum Gasteiger partial charge on any atom is 0.326 e. The van der Waals surface area contributed by atoms with Gasteiger partial charge in [-0.1, -0.05) is 31.5 Å². The van der Waals surface area contributed by atoms with E-state index in [-0.39, 0.29) is 5.91 Å². The molecular weight excluding hydrogens is 362 g/mol. The zero-order valence-electron chi connectivity index (χ0n) is 15.0.